The highest BCUT2D eigenvalue weighted by atomic mass is 32.1. The maximum atomic E-state index is 12.4. The molecule has 1 heterocycles. The van der Waals surface area contributed by atoms with E-state index in [0.717, 1.165) is 15.8 Å². The molecule has 0 aliphatic carbocycles. The van der Waals surface area contributed by atoms with Crippen LogP contribution in [0.4, 0.5) is 10.8 Å². The molecule has 0 aliphatic heterocycles. The first-order chi connectivity index (χ1) is 11.0. The third-order valence-corrected chi connectivity index (χ3v) is 4.52. The second-order valence-corrected chi connectivity index (χ2v) is 6.13. The lowest BCUT2D eigenvalue weighted by Crippen LogP contribution is -2.13. The molecular weight excluding hydrogens is 314 g/mol. The van der Waals surface area contributed by atoms with Crippen molar-refractivity contribution in [3.8, 4) is 0 Å². The van der Waals surface area contributed by atoms with Crippen molar-refractivity contribution in [3.05, 3.63) is 63.2 Å². The van der Waals surface area contributed by atoms with Crippen LogP contribution in [0.3, 0.4) is 0 Å². The van der Waals surface area contributed by atoms with E-state index in [0.29, 0.717) is 10.7 Å². The number of amides is 1. The number of hydrogen-bond acceptors (Lipinski definition) is 5. The Bertz CT molecular complexity index is 933. The number of carbonyl (C=O) groups excluding carboxylic acids is 1. The van der Waals surface area contributed by atoms with Crippen LogP contribution < -0.4 is 5.32 Å². The summed E-state index contributed by atoms with van der Waals surface area (Å²) in [6.07, 6.45) is 0. The minimum atomic E-state index is -0.493. The normalized spacial score (nSPS) is 10.7. The third kappa shape index (κ3) is 2.78. The number of nitro benzene ring substituents is 1. The lowest BCUT2D eigenvalue weighted by atomic mass is 10.1. The number of nitrogens with zero attached hydrogens (tertiary/aromatic N) is 2. The first kappa shape index (κ1) is 15.1. The number of para-hydroxylation sites is 1. The highest BCUT2D eigenvalue weighted by Crippen LogP contribution is 2.29. The topological polar surface area (TPSA) is 85.1 Å². The molecular formula is C16H13N3O3S. The van der Waals surface area contributed by atoms with Crippen LogP contribution in [-0.2, 0) is 0 Å². The maximum absolute atomic E-state index is 12.4. The number of nitro groups is 1. The number of thiazole rings is 1. The Morgan fingerprint density at radius 2 is 1.96 bits per heavy atom. The minimum Gasteiger partial charge on any atom is -0.298 e. The fourth-order valence-corrected chi connectivity index (χ4v) is 3.31. The zero-order valence-corrected chi connectivity index (χ0v) is 13.3. The number of aromatic nitrogens is 1. The Labute approximate surface area is 135 Å². The highest BCUT2D eigenvalue weighted by molar-refractivity contribution is 7.22. The monoisotopic (exact) mass is 327 g/mol. The molecule has 3 aromatic rings. The van der Waals surface area contributed by atoms with Crippen molar-refractivity contribution in [1.82, 2.24) is 4.98 Å². The van der Waals surface area contributed by atoms with Crippen molar-refractivity contribution in [2.45, 2.75) is 13.8 Å². The Morgan fingerprint density at radius 3 is 2.65 bits per heavy atom. The SMILES string of the molecule is Cc1c(C(=O)Nc2nc3c(C)cccc3s2)cccc1[N+](=O)[O-]. The van der Waals surface area contributed by atoms with Gasteiger partial charge in [0, 0.05) is 17.2 Å². The molecule has 0 bridgehead atoms. The molecule has 0 atom stereocenters. The average Bonchev–Trinajstić information content (AvgIpc) is 2.91. The van der Waals surface area contributed by atoms with Gasteiger partial charge in [0.2, 0.25) is 0 Å². The van der Waals surface area contributed by atoms with Gasteiger partial charge >= 0.3 is 0 Å². The second kappa shape index (κ2) is 5.77. The molecule has 23 heavy (non-hydrogen) atoms. The lowest BCUT2D eigenvalue weighted by Gasteiger charge is -2.05. The van der Waals surface area contributed by atoms with Gasteiger partial charge in [-0.25, -0.2) is 4.98 Å². The molecule has 0 spiro atoms. The Kier molecular flexibility index (Phi) is 3.79. The van der Waals surface area contributed by atoms with Gasteiger partial charge in [0.05, 0.1) is 15.1 Å². The summed E-state index contributed by atoms with van der Waals surface area (Å²) in [6.45, 7) is 3.52. The molecule has 1 amide bonds. The van der Waals surface area contributed by atoms with Gasteiger partial charge in [0.1, 0.15) is 0 Å². The molecule has 0 radical (unpaired) electrons. The van der Waals surface area contributed by atoms with Gasteiger partial charge < -0.3 is 0 Å². The van der Waals surface area contributed by atoms with Crippen LogP contribution in [-0.4, -0.2) is 15.8 Å². The molecule has 1 aromatic heterocycles. The first-order valence-electron chi connectivity index (χ1n) is 6.89. The third-order valence-electron chi connectivity index (χ3n) is 3.59. The first-order valence-corrected chi connectivity index (χ1v) is 7.70. The van der Waals surface area contributed by atoms with Crippen molar-refractivity contribution >= 4 is 38.3 Å². The molecule has 0 aliphatic rings. The molecule has 0 saturated carbocycles. The van der Waals surface area contributed by atoms with E-state index < -0.39 is 10.8 Å². The molecule has 1 N–H and O–H groups in total. The summed E-state index contributed by atoms with van der Waals surface area (Å²) in [5.41, 5.74) is 2.43. The molecule has 0 fully saturated rings. The molecule has 3 rings (SSSR count). The number of hydrogen-bond donors (Lipinski definition) is 1. The fraction of sp³-hybridized carbons (Fsp3) is 0.125. The average molecular weight is 327 g/mol. The van der Waals surface area contributed by atoms with Crippen LogP contribution in [0.25, 0.3) is 10.2 Å². The molecule has 0 saturated heterocycles. The number of nitrogens with one attached hydrogen (secondary N) is 1. The summed E-state index contributed by atoms with van der Waals surface area (Å²) in [7, 11) is 0. The van der Waals surface area contributed by atoms with E-state index in [-0.39, 0.29) is 11.3 Å². The van der Waals surface area contributed by atoms with E-state index in [4.69, 9.17) is 0 Å². The van der Waals surface area contributed by atoms with Gasteiger partial charge in [-0.3, -0.25) is 20.2 Å². The van der Waals surface area contributed by atoms with Crippen LogP contribution in [0.1, 0.15) is 21.5 Å². The number of fused-ring (bicyclic) bond motifs is 1. The minimum absolute atomic E-state index is 0.0715. The van der Waals surface area contributed by atoms with Crippen molar-refractivity contribution in [3.63, 3.8) is 0 Å². The van der Waals surface area contributed by atoms with Crippen LogP contribution in [0.15, 0.2) is 36.4 Å². The standard InChI is InChI=1S/C16H13N3O3S/c1-9-5-3-8-13-14(9)17-16(23-13)18-15(20)11-6-4-7-12(10(11)2)19(21)22/h3-8H,1-2H3,(H,17,18,20). The highest BCUT2D eigenvalue weighted by Gasteiger charge is 2.19. The molecule has 6 nitrogen and oxygen atoms in total. The predicted molar refractivity (Wildman–Crippen MR) is 90.1 cm³/mol. The van der Waals surface area contributed by atoms with Crippen LogP contribution in [0, 0.1) is 24.0 Å². The van der Waals surface area contributed by atoms with Crippen molar-refractivity contribution in [1.29, 1.82) is 0 Å². The summed E-state index contributed by atoms with van der Waals surface area (Å²) in [6, 6.07) is 10.3. The maximum Gasteiger partial charge on any atom is 0.273 e. The summed E-state index contributed by atoms with van der Waals surface area (Å²) in [5.74, 6) is -0.400. The van der Waals surface area contributed by atoms with E-state index in [1.807, 2.05) is 25.1 Å². The summed E-state index contributed by atoms with van der Waals surface area (Å²) in [5, 5.41) is 14.2. The number of benzene rings is 2. The Balaban J connectivity index is 1.93. The molecule has 116 valence electrons. The zero-order chi connectivity index (χ0) is 16.6. The number of anilines is 1. The molecule has 0 unspecified atom stereocenters. The van der Waals surface area contributed by atoms with E-state index in [9.17, 15) is 14.9 Å². The Hall–Kier alpha value is -2.80. The van der Waals surface area contributed by atoms with Crippen LogP contribution >= 0.6 is 11.3 Å². The predicted octanol–water partition coefficient (Wildman–Crippen LogP) is 4.07. The molecule has 7 heteroatoms. The number of carbonyl (C=O) groups is 1. The van der Waals surface area contributed by atoms with Crippen molar-refractivity contribution < 1.29 is 9.72 Å². The summed E-state index contributed by atoms with van der Waals surface area (Å²) in [4.78, 5) is 27.3. The summed E-state index contributed by atoms with van der Waals surface area (Å²) >= 11 is 1.37. The van der Waals surface area contributed by atoms with E-state index in [1.165, 1.54) is 23.5 Å². The van der Waals surface area contributed by atoms with Crippen molar-refractivity contribution in [2.24, 2.45) is 0 Å². The lowest BCUT2D eigenvalue weighted by molar-refractivity contribution is -0.385. The van der Waals surface area contributed by atoms with Gasteiger partial charge in [0.25, 0.3) is 11.6 Å². The smallest absolute Gasteiger partial charge is 0.273 e. The van der Waals surface area contributed by atoms with E-state index >= 15 is 0 Å². The zero-order valence-electron chi connectivity index (χ0n) is 12.5. The van der Waals surface area contributed by atoms with Gasteiger partial charge in [-0.1, -0.05) is 29.5 Å². The van der Waals surface area contributed by atoms with Crippen LogP contribution in [0.2, 0.25) is 0 Å². The fourth-order valence-electron chi connectivity index (χ4n) is 2.37. The quantitative estimate of drug-likeness (QED) is 0.580. The molecule has 2 aromatic carbocycles. The number of aryl methyl sites for hydroxylation is 1. The van der Waals surface area contributed by atoms with Crippen molar-refractivity contribution in [2.75, 3.05) is 5.32 Å². The van der Waals surface area contributed by atoms with E-state index in [2.05, 4.69) is 10.3 Å². The largest absolute Gasteiger partial charge is 0.298 e. The van der Waals surface area contributed by atoms with E-state index in [1.54, 1.807) is 13.0 Å². The Morgan fingerprint density at radius 1 is 1.22 bits per heavy atom. The second-order valence-electron chi connectivity index (χ2n) is 5.10. The number of rotatable bonds is 3. The van der Waals surface area contributed by atoms with Gasteiger partial charge in [-0.15, -0.1) is 0 Å². The van der Waals surface area contributed by atoms with Crippen LogP contribution in [0.5, 0.6) is 0 Å². The van der Waals surface area contributed by atoms with Gasteiger partial charge in [0.15, 0.2) is 5.13 Å². The summed E-state index contributed by atoms with van der Waals surface area (Å²) < 4.78 is 0.982. The van der Waals surface area contributed by atoms with Gasteiger partial charge in [-0.05, 0) is 31.5 Å². The van der Waals surface area contributed by atoms with Gasteiger partial charge in [-0.2, -0.15) is 0 Å².